The highest BCUT2D eigenvalue weighted by molar-refractivity contribution is 9.10. The van der Waals surface area contributed by atoms with Gasteiger partial charge in [0.05, 0.1) is 0 Å². The highest BCUT2D eigenvalue weighted by Crippen LogP contribution is 2.44. The van der Waals surface area contributed by atoms with Gasteiger partial charge in [0.25, 0.3) is 0 Å². The Kier molecular flexibility index (Phi) is 6.55. The van der Waals surface area contributed by atoms with Gasteiger partial charge in [0.15, 0.2) is 0 Å². The Morgan fingerprint density at radius 2 is 0.933 bits per heavy atom. The van der Waals surface area contributed by atoms with Crippen LogP contribution in [-0.2, 0) is 21.7 Å². The third-order valence-electron chi connectivity index (χ3n) is 6.08. The second-order valence-electron chi connectivity index (χ2n) is 13.1. The summed E-state index contributed by atoms with van der Waals surface area (Å²) in [7, 11) is 0. The van der Waals surface area contributed by atoms with Crippen LogP contribution in [0, 0.1) is 6.92 Å². The molecule has 2 aromatic rings. The third-order valence-corrected chi connectivity index (χ3v) is 6.94. The van der Waals surface area contributed by atoms with Gasteiger partial charge in [0.2, 0.25) is 0 Å². The zero-order chi connectivity index (χ0) is 23.4. The van der Waals surface area contributed by atoms with Gasteiger partial charge in [-0.05, 0) is 89.5 Å². The molecule has 0 unspecified atom stereocenters. The van der Waals surface area contributed by atoms with Crippen LogP contribution in [-0.4, -0.2) is 0 Å². The molecule has 0 bridgehead atoms. The van der Waals surface area contributed by atoms with Crippen molar-refractivity contribution in [3.05, 3.63) is 56.6 Å². The summed E-state index contributed by atoms with van der Waals surface area (Å²) in [6.45, 7) is 30.1. The summed E-state index contributed by atoms with van der Waals surface area (Å²) in [5, 5.41) is 0. The van der Waals surface area contributed by atoms with Gasteiger partial charge in [-0.1, -0.05) is 101 Å². The molecule has 1 heteroatoms. The van der Waals surface area contributed by atoms with Crippen molar-refractivity contribution in [3.63, 3.8) is 0 Å². The molecular formula is C29H43Br. The van der Waals surface area contributed by atoms with E-state index in [9.17, 15) is 0 Å². The molecule has 0 atom stereocenters. The van der Waals surface area contributed by atoms with Crippen molar-refractivity contribution < 1.29 is 0 Å². The molecule has 0 nitrogen and oxygen atoms in total. The average Bonchev–Trinajstić information content (AvgIpc) is 2.51. The third kappa shape index (κ3) is 5.21. The fraction of sp³-hybridized carbons (Fsp3) is 0.586. The Bertz CT molecular complexity index is 898. The first-order valence-electron chi connectivity index (χ1n) is 11.2. The van der Waals surface area contributed by atoms with Crippen LogP contribution in [0.2, 0.25) is 0 Å². The highest BCUT2D eigenvalue weighted by atomic mass is 79.9. The normalized spacial score (nSPS) is 13.7. The molecule has 0 amide bonds. The zero-order valence-corrected chi connectivity index (χ0v) is 23.3. The maximum Gasteiger partial charge on any atom is 0.0291 e. The predicted molar refractivity (Wildman–Crippen MR) is 139 cm³/mol. The lowest BCUT2D eigenvalue weighted by Crippen LogP contribution is -2.20. The fourth-order valence-corrected chi connectivity index (χ4v) is 5.29. The van der Waals surface area contributed by atoms with Gasteiger partial charge >= 0.3 is 0 Å². The number of benzene rings is 2. The van der Waals surface area contributed by atoms with Crippen LogP contribution in [0.25, 0.3) is 11.1 Å². The van der Waals surface area contributed by atoms with Crippen LogP contribution < -0.4 is 0 Å². The fourth-order valence-electron chi connectivity index (χ4n) is 4.24. The summed E-state index contributed by atoms with van der Waals surface area (Å²) in [6, 6.07) is 9.67. The van der Waals surface area contributed by atoms with E-state index in [1.54, 1.807) is 0 Å². The second-order valence-corrected chi connectivity index (χ2v) is 13.9. The first-order chi connectivity index (χ1) is 13.2. The molecule has 0 aliphatic carbocycles. The van der Waals surface area contributed by atoms with Crippen LogP contribution in [0.5, 0.6) is 0 Å². The van der Waals surface area contributed by atoms with E-state index in [-0.39, 0.29) is 21.7 Å². The predicted octanol–water partition coefficient (Wildman–Crippen LogP) is 9.61. The quantitative estimate of drug-likeness (QED) is 0.388. The van der Waals surface area contributed by atoms with Crippen LogP contribution in [0.3, 0.4) is 0 Å². The first kappa shape index (κ1) is 25.2. The Balaban J connectivity index is 3.00. The Morgan fingerprint density at radius 1 is 0.533 bits per heavy atom. The Hall–Kier alpha value is -1.08. The molecule has 0 spiro atoms. The maximum absolute atomic E-state index is 4.02. The van der Waals surface area contributed by atoms with Crippen LogP contribution in [0.4, 0.5) is 0 Å². The largest absolute Gasteiger partial charge is 0.0561 e. The first-order valence-corrected chi connectivity index (χ1v) is 12.0. The minimum absolute atomic E-state index is 0.0687. The van der Waals surface area contributed by atoms with E-state index in [0.717, 1.165) is 0 Å². The molecule has 30 heavy (non-hydrogen) atoms. The summed E-state index contributed by atoms with van der Waals surface area (Å²) in [5.41, 5.74) is 10.1. The summed E-state index contributed by atoms with van der Waals surface area (Å²) in [5.74, 6) is 0. The zero-order valence-electron chi connectivity index (χ0n) is 21.7. The second kappa shape index (κ2) is 7.80. The van der Waals surface area contributed by atoms with E-state index in [1.807, 2.05) is 0 Å². The molecule has 166 valence electrons. The molecule has 0 saturated carbocycles. The van der Waals surface area contributed by atoms with Crippen molar-refractivity contribution in [2.24, 2.45) is 0 Å². The van der Waals surface area contributed by atoms with Gasteiger partial charge in [-0.3, -0.25) is 0 Å². The lowest BCUT2D eigenvalue weighted by molar-refractivity contribution is 0.560. The van der Waals surface area contributed by atoms with Gasteiger partial charge < -0.3 is 0 Å². The van der Waals surface area contributed by atoms with Gasteiger partial charge in [-0.15, -0.1) is 0 Å². The molecule has 0 aliphatic rings. The summed E-state index contributed by atoms with van der Waals surface area (Å²) in [4.78, 5) is 0. The van der Waals surface area contributed by atoms with Gasteiger partial charge in [-0.25, -0.2) is 0 Å². The number of hydrogen-bond donors (Lipinski definition) is 0. The van der Waals surface area contributed by atoms with E-state index in [0.29, 0.717) is 0 Å². The van der Waals surface area contributed by atoms with E-state index in [2.05, 4.69) is 130 Å². The molecule has 0 N–H and O–H groups in total. The van der Waals surface area contributed by atoms with Gasteiger partial charge in [0, 0.05) is 4.47 Å². The molecule has 0 saturated heterocycles. The van der Waals surface area contributed by atoms with Crippen molar-refractivity contribution in [2.75, 3.05) is 0 Å². The standard InChI is InChI=1S/C29H43Br/c1-18-22(27(5,6)7)14-19(15-23(18)28(8,9)10)21-16-20(26(2,3)4)17-24(25(21)30)29(11,12)13/h14-17H,1-13H3. The molecule has 2 aromatic carbocycles. The minimum atomic E-state index is 0.0687. The topological polar surface area (TPSA) is 0 Å². The highest BCUT2D eigenvalue weighted by Gasteiger charge is 2.28. The van der Waals surface area contributed by atoms with E-state index >= 15 is 0 Å². The lowest BCUT2D eigenvalue weighted by Gasteiger charge is -2.31. The number of halogens is 1. The summed E-state index contributed by atoms with van der Waals surface area (Å²) < 4.78 is 1.23. The van der Waals surface area contributed by atoms with Crippen LogP contribution in [0.15, 0.2) is 28.7 Å². The van der Waals surface area contributed by atoms with Crippen molar-refractivity contribution in [3.8, 4) is 11.1 Å². The monoisotopic (exact) mass is 470 g/mol. The smallest absolute Gasteiger partial charge is 0.0291 e. The van der Waals surface area contributed by atoms with E-state index in [1.165, 1.54) is 43.4 Å². The van der Waals surface area contributed by atoms with Gasteiger partial charge in [0.1, 0.15) is 0 Å². The number of hydrogen-bond acceptors (Lipinski definition) is 0. The molecule has 0 heterocycles. The molecular weight excluding hydrogens is 428 g/mol. The molecule has 0 aromatic heterocycles. The minimum Gasteiger partial charge on any atom is -0.0561 e. The Morgan fingerprint density at radius 3 is 1.27 bits per heavy atom. The van der Waals surface area contributed by atoms with Gasteiger partial charge in [-0.2, -0.15) is 0 Å². The maximum atomic E-state index is 4.02. The van der Waals surface area contributed by atoms with Crippen molar-refractivity contribution in [2.45, 2.75) is 112 Å². The van der Waals surface area contributed by atoms with E-state index in [4.69, 9.17) is 0 Å². The lowest BCUT2D eigenvalue weighted by atomic mass is 9.74. The van der Waals surface area contributed by atoms with Crippen LogP contribution in [0.1, 0.15) is 111 Å². The van der Waals surface area contributed by atoms with Crippen LogP contribution >= 0.6 is 15.9 Å². The Labute approximate surface area is 195 Å². The number of rotatable bonds is 1. The van der Waals surface area contributed by atoms with Crippen molar-refractivity contribution in [1.29, 1.82) is 0 Å². The SMILES string of the molecule is Cc1c(C(C)(C)C)cc(-c2cc(C(C)(C)C)cc(C(C)(C)C)c2Br)cc1C(C)(C)C. The molecule has 0 fully saturated rings. The van der Waals surface area contributed by atoms with Crippen molar-refractivity contribution >= 4 is 15.9 Å². The summed E-state index contributed by atoms with van der Waals surface area (Å²) in [6.07, 6.45) is 0. The average molecular weight is 472 g/mol. The van der Waals surface area contributed by atoms with E-state index < -0.39 is 0 Å². The van der Waals surface area contributed by atoms with Crippen molar-refractivity contribution in [1.82, 2.24) is 0 Å². The molecule has 0 aliphatic heterocycles. The molecule has 0 radical (unpaired) electrons. The molecule has 2 rings (SSSR count). The summed E-state index contributed by atoms with van der Waals surface area (Å²) >= 11 is 4.02.